The summed E-state index contributed by atoms with van der Waals surface area (Å²) in [7, 11) is 0. The molecule has 3 heterocycles. The molecule has 1 fully saturated rings. The minimum Gasteiger partial charge on any atom is -0.337 e. The van der Waals surface area contributed by atoms with Gasteiger partial charge in [-0.05, 0) is 42.7 Å². The van der Waals surface area contributed by atoms with Gasteiger partial charge in [0.25, 0.3) is 5.91 Å². The van der Waals surface area contributed by atoms with Crippen molar-refractivity contribution in [2.75, 3.05) is 13.1 Å². The predicted molar refractivity (Wildman–Crippen MR) is 90.1 cm³/mol. The second-order valence-corrected chi connectivity index (χ2v) is 6.97. The summed E-state index contributed by atoms with van der Waals surface area (Å²) >= 11 is 1.65. The van der Waals surface area contributed by atoms with Crippen LogP contribution in [0.25, 0.3) is 10.6 Å². The quantitative estimate of drug-likeness (QED) is 0.919. The van der Waals surface area contributed by atoms with Crippen LogP contribution in [-0.4, -0.2) is 34.1 Å². The number of likely N-dealkylation sites (tertiary alicyclic amines) is 1. The fraction of sp³-hybridized carbons (Fsp3) is 0.529. The van der Waals surface area contributed by atoms with Gasteiger partial charge in [0.15, 0.2) is 5.69 Å². The van der Waals surface area contributed by atoms with Gasteiger partial charge in [0.2, 0.25) is 0 Å². The molecule has 118 valence electrons. The summed E-state index contributed by atoms with van der Waals surface area (Å²) in [5, 5.41) is 9.24. The smallest absolute Gasteiger partial charge is 0.274 e. The van der Waals surface area contributed by atoms with E-state index in [0.717, 1.165) is 42.4 Å². The fourth-order valence-corrected chi connectivity index (χ4v) is 3.91. The third-order valence-corrected chi connectivity index (χ3v) is 5.32. The summed E-state index contributed by atoms with van der Waals surface area (Å²) in [6, 6.07) is 5.92. The number of carbonyl (C=O) groups is 1. The molecule has 0 unspecified atom stereocenters. The first kappa shape index (κ1) is 15.3. The van der Waals surface area contributed by atoms with Gasteiger partial charge in [-0.1, -0.05) is 25.8 Å². The van der Waals surface area contributed by atoms with E-state index in [1.807, 2.05) is 28.5 Å². The molecular weight excluding hydrogens is 294 g/mol. The number of amides is 1. The number of thiophene rings is 1. The summed E-state index contributed by atoms with van der Waals surface area (Å²) in [4.78, 5) is 15.7. The molecule has 0 bridgehead atoms. The number of H-pyrrole nitrogens is 1. The zero-order chi connectivity index (χ0) is 15.4. The Morgan fingerprint density at radius 3 is 3.14 bits per heavy atom. The molecular formula is C17H23N3OS. The lowest BCUT2D eigenvalue weighted by atomic mass is 9.96. The van der Waals surface area contributed by atoms with Gasteiger partial charge in [0, 0.05) is 13.1 Å². The van der Waals surface area contributed by atoms with Gasteiger partial charge < -0.3 is 4.90 Å². The number of aromatic nitrogens is 2. The highest BCUT2D eigenvalue weighted by molar-refractivity contribution is 7.13. The highest BCUT2D eigenvalue weighted by Gasteiger charge is 2.23. The van der Waals surface area contributed by atoms with Gasteiger partial charge in [0.05, 0.1) is 10.6 Å². The summed E-state index contributed by atoms with van der Waals surface area (Å²) in [5.74, 6) is 0.847. The van der Waals surface area contributed by atoms with E-state index in [0.29, 0.717) is 5.69 Å². The molecule has 1 saturated heterocycles. The Morgan fingerprint density at radius 2 is 2.36 bits per heavy atom. The molecule has 0 spiro atoms. The van der Waals surface area contributed by atoms with Gasteiger partial charge in [-0.25, -0.2) is 0 Å². The van der Waals surface area contributed by atoms with Crippen molar-refractivity contribution < 1.29 is 4.79 Å². The van der Waals surface area contributed by atoms with E-state index >= 15 is 0 Å². The molecule has 2 aromatic rings. The Balaban J connectivity index is 1.66. The van der Waals surface area contributed by atoms with Gasteiger partial charge in [0.1, 0.15) is 0 Å². The number of rotatable bonds is 4. The molecule has 3 rings (SSSR count). The van der Waals surface area contributed by atoms with Crippen molar-refractivity contribution in [3.63, 3.8) is 0 Å². The molecule has 1 atom stereocenters. The first-order chi connectivity index (χ1) is 10.8. The molecule has 0 saturated carbocycles. The van der Waals surface area contributed by atoms with E-state index in [2.05, 4.69) is 17.1 Å². The molecule has 1 N–H and O–H groups in total. The summed E-state index contributed by atoms with van der Waals surface area (Å²) in [6.07, 6.45) is 6.01. The average Bonchev–Trinajstić information content (AvgIpc) is 3.16. The number of nitrogens with one attached hydrogen (secondary N) is 1. The van der Waals surface area contributed by atoms with Gasteiger partial charge in [-0.3, -0.25) is 9.89 Å². The van der Waals surface area contributed by atoms with Crippen molar-refractivity contribution in [3.05, 3.63) is 29.3 Å². The van der Waals surface area contributed by atoms with Crippen molar-refractivity contribution in [2.45, 2.75) is 39.0 Å². The summed E-state index contributed by atoms with van der Waals surface area (Å²) in [6.45, 7) is 3.97. The standard InChI is InChI=1S/C17H23N3OS/c1-2-5-13-6-3-9-20(10-8-13)17(21)15-12-14(18-19-15)16-7-4-11-22-16/h4,7,11-13H,2-3,5-6,8-10H2,1H3,(H,18,19)/t13-/m0/s1. The highest BCUT2D eigenvalue weighted by atomic mass is 32.1. The SMILES string of the molecule is CCC[C@H]1CCCN(C(=O)c2cc(-c3cccs3)[nH]n2)CC1. The van der Waals surface area contributed by atoms with Crippen LogP contribution in [0.3, 0.4) is 0 Å². The number of hydrogen-bond donors (Lipinski definition) is 1. The van der Waals surface area contributed by atoms with Gasteiger partial charge >= 0.3 is 0 Å². The van der Waals surface area contributed by atoms with Crippen molar-refractivity contribution in [1.82, 2.24) is 15.1 Å². The maximum absolute atomic E-state index is 12.6. The molecule has 2 aromatic heterocycles. The van der Waals surface area contributed by atoms with Crippen molar-refractivity contribution >= 4 is 17.2 Å². The number of nitrogens with zero attached hydrogens (tertiary/aromatic N) is 2. The van der Waals surface area contributed by atoms with Crippen LogP contribution in [0.5, 0.6) is 0 Å². The first-order valence-electron chi connectivity index (χ1n) is 8.16. The van der Waals surface area contributed by atoms with E-state index in [9.17, 15) is 4.79 Å². The molecule has 1 aliphatic rings. The van der Waals surface area contributed by atoms with Crippen molar-refractivity contribution in [1.29, 1.82) is 0 Å². The Labute approximate surface area is 135 Å². The molecule has 1 aliphatic heterocycles. The fourth-order valence-electron chi connectivity index (χ4n) is 3.22. The van der Waals surface area contributed by atoms with Crippen LogP contribution < -0.4 is 0 Å². The van der Waals surface area contributed by atoms with Crippen molar-refractivity contribution in [2.24, 2.45) is 5.92 Å². The topological polar surface area (TPSA) is 49.0 Å². The van der Waals surface area contributed by atoms with E-state index in [1.165, 1.54) is 19.3 Å². The summed E-state index contributed by atoms with van der Waals surface area (Å²) < 4.78 is 0. The van der Waals surface area contributed by atoms with Crippen LogP contribution in [0.2, 0.25) is 0 Å². The third-order valence-electron chi connectivity index (χ3n) is 4.42. The van der Waals surface area contributed by atoms with Gasteiger partial charge in [-0.15, -0.1) is 11.3 Å². The van der Waals surface area contributed by atoms with Crippen LogP contribution in [-0.2, 0) is 0 Å². The number of hydrogen-bond acceptors (Lipinski definition) is 3. The summed E-state index contributed by atoms with van der Waals surface area (Å²) in [5.41, 5.74) is 1.47. The lowest BCUT2D eigenvalue weighted by molar-refractivity contribution is 0.0754. The Bertz CT molecular complexity index is 605. The van der Waals surface area contributed by atoms with E-state index in [-0.39, 0.29) is 5.91 Å². The third kappa shape index (κ3) is 3.40. The van der Waals surface area contributed by atoms with Crippen LogP contribution >= 0.6 is 11.3 Å². The lowest BCUT2D eigenvalue weighted by Crippen LogP contribution is -2.32. The molecule has 22 heavy (non-hydrogen) atoms. The minimum atomic E-state index is 0.0659. The Kier molecular flexibility index (Phi) is 4.93. The predicted octanol–water partition coefficient (Wildman–Crippen LogP) is 4.18. The van der Waals surface area contributed by atoms with Crippen LogP contribution in [0.15, 0.2) is 23.6 Å². The van der Waals surface area contributed by atoms with Crippen LogP contribution in [0, 0.1) is 5.92 Å². The largest absolute Gasteiger partial charge is 0.337 e. The highest BCUT2D eigenvalue weighted by Crippen LogP contribution is 2.25. The lowest BCUT2D eigenvalue weighted by Gasteiger charge is -2.19. The zero-order valence-electron chi connectivity index (χ0n) is 13.0. The molecule has 0 radical (unpaired) electrons. The minimum absolute atomic E-state index is 0.0659. The average molecular weight is 317 g/mol. The monoisotopic (exact) mass is 317 g/mol. The molecule has 0 aromatic carbocycles. The number of carbonyl (C=O) groups excluding carboxylic acids is 1. The maximum atomic E-state index is 12.6. The van der Waals surface area contributed by atoms with E-state index in [1.54, 1.807) is 11.3 Å². The Hall–Kier alpha value is -1.62. The second kappa shape index (κ2) is 7.09. The maximum Gasteiger partial charge on any atom is 0.274 e. The van der Waals surface area contributed by atoms with E-state index in [4.69, 9.17) is 0 Å². The first-order valence-corrected chi connectivity index (χ1v) is 9.04. The molecule has 1 amide bonds. The number of aromatic amines is 1. The zero-order valence-corrected chi connectivity index (χ0v) is 13.9. The normalized spacial score (nSPS) is 19.1. The molecule has 4 nitrogen and oxygen atoms in total. The Morgan fingerprint density at radius 1 is 1.45 bits per heavy atom. The van der Waals surface area contributed by atoms with Crippen LogP contribution in [0.1, 0.15) is 49.5 Å². The second-order valence-electron chi connectivity index (χ2n) is 6.02. The van der Waals surface area contributed by atoms with E-state index < -0.39 is 0 Å². The molecule has 5 heteroatoms. The van der Waals surface area contributed by atoms with Gasteiger partial charge in [-0.2, -0.15) is 5.10 Å². The van der Waals surface area contributed by atoms with Crippen LogP contribution in [0.4, 0.5) is 0 Å². The molecule has 0 aliphatic carbocycles. The van der Waals surface area contributed by atoms with Crippen molar-refractivity contribution in [3.8, 4) is 10.6 Å².